The van der Waals surface area contributed by atoms with Crippen LogP contribution in [0.4, 0.5) is 5.69 Å². The molecule has 8 heteroatoms. The van der Waals surface area contributed by atoms with Crippen molar-refractivity contribution in [3.63, 3.8) is 0 Å². The van der Waals surface area contributed by atoms with Gasteiger partial charge in [-0.1, -0.05) is 17.7 Å². The summed E-state index contributed by atoms with van der Waals surface area (Å²) in [6, 6.07) is 5.73. The maximum absolute atomic E-state index is 11.7. The van der Waals surface area contributed by atoms with Gasteiger partial charge in [0.1, 0.15) is 10.8 Å². The van der Waals surface area contributed by atoms with Crippen molar-refractivity contribution >= 4 is 29.4 Å². The molecule has 21 heavy (non-hydrogen) atoms. The molecule has 0 atom stereocenters. The summed E-state index contributed by atoms with van der Waals surface area (Å²) in [5.74, 6) is 0.0470. The lowest BCUT2D eigenvalue weighted by atomic mass is 10.2. The molecule has 1 aromatic heterocycles. The number of hydrogen-bond acceptors (Lipinski definition) is 5. The first kappa shape index (κ1) is 14.7. The third kappa shape index (κ3) is 3.46. The van der Waals surface area contributed by atoms with Crippen LogP contribution in [-0.2, 0) is 0 Å². The second kappa shape index (κ2) is 6.19. The van der Waals surface area contributed by atoms with Gasteiger partial charge in [0.25, 0.3) is 11.6 Å². The van der Waals surface area contributed by atoms with Crippen molar-refractivity contribution in [3.05, 3.63) is 62.6 Å². The highest BCUT2D eigenvalue weighted by atomic mass is 35.5. The molecule has 108 valence electrons. The molecule has 0 unspecified atom stereocenters. The Morgan fingerprint density at radius 1 is 1.48 bits per heavy atom. The van der Waals surface area contributed by atoms with Gasteiger partial charge in [0.15, 0.2) is 0 Å². The van der Waals surface area contributed by atoms with Gasteiger partial charge in [-0.25, -0.2) is 5.43 Å². The van der Waals surface area contributed by atoms with E-state index in [1.807, 2.05) is 0 Å². The molecular formula is C13H10ClN3O4. The number of carbonyl (C=O) groups is 1. The zero-order valence-corrected chi connectivity index (χ0v) is 11.6. The number of nitro benzene ring substituents is 1. The number of benzene rings is 1. The summed E-state index contributed by atoms with van der Waals surface area (Å²) in [6.07, 6.45) is 2.69. The average molecular weight is 308 g/mol. The van der Waals surface area contributed by atoms with Crippen molar-refractivity contribution in [1.29, 1.82) is 0 Å². The highest BCUT2D eigenvalue weighted by molar-refractivity contribution is 6.32. The Morgan fingerprint density at radius 3 is 2.86 bits per heavy atom. The van der Waals surface area contributed by atoms with Crippen LogP contribution in [0.3, 0.4) is 0 Å². The molecule has 1 aromatic carbocycles. The third-order valence-corrected chi connectivity index (χ3v) is 2.97. The van der Waals surface area contributed by atoms with E-state index in [1.54, 1.807) is 13.0 Å². The maximum atomic E-state index is 11.7. The Balaban J connectivity index is 2.08. The number of hydrogen-bond donors (Lipinski definition) is 1. The van der Waals surface area contributed by atoms with Gasteiger partial charge in [-0.15, -0.1) is 0 Å². The van der Waals surface area contributed by atoms with Gasteiger partial charge in [0.05, 0.1) is 23.0 Å². The lowest BCUT2D eigenvalue weighted by Crippen LogP contribution is -2.17. The van der Waals surface area contributed by atoms with Crippen molar-refractivity contribution in [1.82, 2.24) is 5.43 Å². The van der Waals surface area contributed by atoms with Crippen LogP contribution in [0, 0.1) is 17.0 Å². The van der Waals surface area contributed by atoms with Gasteiger partial charge in [0.2, 0.25) is 0 Å². The number of rotatable bonds is 4. The van der Waals surface area contributed by atoms with Crippen LogP contribution in [0.25, 0.3) is 0 Å². The van der Waals surface area contributed by atoms with E-state index in [0.29, 0.717) is 16.9 Å². The van der Waals surface area contributed by atoms with E-state index in [-0.39, 0.29) is 10.7 Å². The molecular weight excluding hydrogens is 298 g/mol. The molecule has 0 aliphatic carbocycles. The Morgan fingerprint density at radius 2 is 2.24 bits per heavy atom. The molecule has 1 heterocycles. The van der Waals surface area contributed by atoms with Crippen molar-refractivity contribution in [2.24, 2.45) is 5.10 Å². The molecule has 2 rings (SSSR count). The molecule has 7 nitrogen and oxygen atoms in total. The highest BCUT2D eigenvalue weighted by Gasteiger charge is 2.12. The standard InChI is InChI=1S/C13H10ClN3O4/c1-8-10(4-5-21-8)13(18)16-15-7-9-2-3-11(14)12(6-9)17(19)20/h2-7H,1H3,(H,16,18). The minimum atomic E-state index is -0.590. The normalized spacial score (nSPS) is 10.8. The zero-order valence-electron chi connectivity index (χ0n) is 10.9. The number of amides is 1. The fourth-order valence-corrected chi connectivity index (χ4v) is 1.78. The van der Waals surface area contributed by atoms with E-state index in [4.69, 9.17) is 16.0 Å². The molecule has 0 fully saturated rings. The van der Waals surface area contributed by atoms with Gasteiger partial charge < -0.3 is 4.42 Å². The molecule has 0 aliphatic heterocycles. The molecule has 1 amide bonds. The van der Waals surface area contributed by atoms with E-state index in [0.717, 1.165) is 0 Å². The Kier molecular flexibility index (Phi) is 4.34. The third-order valence-electron chi connectivity index (χ3n) is 2.65. The molecule has 1 N–H and O–H groups in total. The van der Waals surface area contributed by atoms with E-state index < -0.39 is 10.8 Å². The monoisotopic (exact) mass is 307 g/mol. The molecule has 0 saturated carbocycles. The SMILES string of the molecule is Cc1occc1C(=O)NN=Cc1ccc(Cl)c([N+](=O)[O-])c1. The van der Waals surface area contributed by atoms with Crippen LogP contribution >= 0.6 is 11.6 Å². The first-order valence-electron chi connectivity index (χ1n) is 5.80. The van der Waals surface area contributed by atoms with Crippen molar-refractivity contribution in [3.8, 4) is 0 Å². The zero-order chi connectivity index (χ0) is 15.4. The van der Waals surface area contributed by atoms with Crippen LogP contribution in [0.5, 0.6) is 0 Å². The average Bonchev–Trinajstić information content (AvgIpc) is 2.86. The lowest BCUT2D eigenvalue weighted by Gasteiger charge is -1.98. The fraction of sp³-hybridized carbons (Fsp3) is 0.0769. The number of aryl methyl sites for hydroxylation is 1. The van der Waals surface area contributed by atoms with Gasteiger partial charge >= 0.3 is 0 Å². The highest BCUT2D eigenvalue weighted by Crippen LogP contribution is 2.24. The number of nitro groups is 1. The number of nitrogens with zero attached hydrogens (tertiary/aromatic N) is 2. The number of halogens is 1. The fourth-order valence-electron chi connectivity index (χ4n) is 1.60. The second-order valence-corrected chi connectivity index (χ2v) is 4.46. The maximum Gasteiger partial charge on any atom is 0.288 e. The summed E-state index contributed by atoms with van der Waals surface area (Å²) in [5.41, 5.74) is 2.89. The predicted octanol–water partition coefficient (Wildman–Crippen LogP) is 2.91. The summed E-state index contributed by atoms with van der Waals surface area (Å²) in [7, 11) is 0. The lowest BCUT2D eigenvalue weighted by molar-refractivity contribution is -0.384. The Bertz CT molecular complexity index is 724. The van der Waals surface area contributed by atoms with E-state index >= 15 is 0 Å². The van der Waals surface area contributed by atoms with Crippen LogP contribution in [0.2, 0.25) is 5.02 Å². The number of nitrogens with one attached hydrogen (secondary N) is 1. The van der Waals surface area contributed by atoms with E-state index in [9.17, 15) is 14.9 Å². The minimum absolute atomic E-state index is 0.0372. The van der Waals surface area contributed by atoms with Crippen molar-refractivity contribution < 1.29 is 14.1 Å². The number of furan rings is 1. The number of hydrazone groups is 1. The van der Waals surface area contributed by atoms with Gasteiger partial charge in [-0.2, -0.15) is 5.10 Å². The summed E-state index contributed by atoms with van der Waals surface area (Å²) in [6.45, 7) is 1.65. The van der Waals surface area contributed by atoms with Crippen LogP contribution < -0.4 is 5.43 Å². The minimum Gasteiger partial charge on any atom is -0.469 e. The Hall–Kier alpha value is -2.67. The quantitative estimate of drug-likeness (QED) is 0.533. The largest absolute Gasteiger partial charge is 0.469 e. The molecule has 0 spiro atoms. The number of carbonyl (C=O) groups excluding carboxylic acids is 1. The van der Waals surface area contributed by atoms with E-state index in [2.05, 4.69) is 10.5 Å². The second-order valence-electron chi connectivity index (χ2n) is 4.06. The first-order chi connectivity index (χ1) is 9.99. The predicted molar refractivity (Wildman–Crippen MR) is 76.6 cm³/mol. The molecule has 0 aliphatic rings. The molecule has 0 bridgehead atoms. The Labute approximate surface area is 124 Å². The smallest absolute Gasteiger partial charge is 0.288 e. The van der Waals surface area contributed by atoms with Crippen LogP contribution in [0.15, 0.2) is 40.0 Å². The van der Waals surface area contributed by atoms with E-state index in [1.165, 1.54) is 30.7 Å². The topological polar surface area (TPSA) is 97.7 Å². The first-order valence-corrected chi connectivity index (χ1v) is 6.18. The van der Waals surface area contributed by atoms with Crippen molar-refractivity contribution in [2.45, 2.75) is 6.92 Å². The van der Waals surface area contributed by atoms with Crippen molar-refractivity contribution in [2.75, 3.05) is 0 Å². The summed E-state index contributed by atoms with van der Waals surface area (Å²) in [4.78, 5) is 21.9. The summed E-state index contributed by atoms with van der Waals surface area (Å²) < 4.78 is 5.00. The van der Waals surface area contributed by atoms with Gasteiger partial charge in [-0.05, 0) is 19.1 Å². The van der Waals surface area contributed by atoms with Gasteiger partial charge in [0, 0.05) is 11.6 Å². The summed E-state index contributed by atoms with van der Waals surface area (Å²) >= 11 is 5.69. The van der Waals surface area contributed by atoms with Crippen LogP contribution in [-0.4, -0.2) is 17.0 Å². The summed E-state index contributed by atoms with van der Waals surface area (Å²) in [5, 5.41) is 14.5. The van der Waals surface area contributed by atoms with Crippen LogP contribution in [0.1, 0.15) is 21.7 Å². The molecule has 2 aromatic rings. The molecule has 0 radical (unpaired) electrons. The molecule has 0 saturated heterocycles. The van der Waals surface area contributed by atoms with Gasteiger partial charge in [-0.3, -0.25) is 14.9 Å².